The van der Waals surface area contributed by atoms with Gasteiger partial charge in [-0.1, -0.05) is 13.8 Å². The van der Waals surface area contributed by atoms with Gasteiger partial charge in [0.15, 0.2) is 0 Å². The Morgan fingerprint density at radius 1 is 1.00 bits per heavy atom. The van der Waals surface area contributed by atoms with E-state index in [2.05, 4.69) is 0 Å². The molecule has 0 atom stereocenters. The van der Waals surface area contributed by atoms with Crippen LogP contribution in [0.5, 0.6) is 0 Å². The van der Waals surface area contributed by atoms with E-state index in [4.69, 9.17) is 11.6 Å². The molecule has 8 heteroatoms. The van der Waals surface area contributed by atoms with Gasteiger partial charge >= 0.3 is 0 Å². The highest BCUT2D eigenvalue weighted by Crippen LogP contribution is 2.26. The Bertz CT molecular complexity index is 888. The van der Waals surface area contributed by atoms with Crippen molar-refractivity contribution in [2.45, 2.75) is 27.7 Å². The topological polar surface area (TPSA) is 78.0 Å². The summed E-state index contributed by atoms with van der Waals surface area (Å²) in [5.74, 6) is -0.480. The zero-order valence-electron chi connectivity index (χ0n) is 17.9. The Kier molecular flexibility index (Phi) is 6.22. The largest absolute Gasteiger partial charge is 0.339 e. The van der Waals surface area contributed by atoms with Crippen LogP contribution in [0, 0.1) is 11.3 Å². The van der Waals surface area contributed by atoms with E-state index in [-0.39, 0.29) is 41.0 Å². The number of carbonyl (C=O) groups excluding carboxylic acids is 4. The number of fused-ring (bicyclic) bond motifs is 1. The maximum atomic E-state index is 13.0. The lowest BCUT2D eigenvalue weighted by molar-refractivity contribution is -0.140. The number of hydrogen-bond acceptors (Lipinski definition) is 4. The van der Waals surface area contributed by atoms with Gasteiger partial charge in [0, 0.05) is 44.2 Å². The van der Waals surface area contributed by atoms with Crippen LogP contribution >= 0.6 is 11.6 Å². The molecule has 7 nitrogen and oxygen atoms in total. The molecule has 1 aromatic rings. The van der Waals surface area contributed by atoms with Crippen LogP contribution in [0.1, 0.15) is 58.8 Å². The van der Waals surface area contributed by atoms with Gasteiger partial charge in [0.25, 0.3) is 17.7 Å². The molecule has 2 aliphatic heterocycles. The van der Waals surface area contributed by atoms with Crippen molar-refractivity contribution in [1.82, 2.24) is 14.7 Å². The summed E-state index contributed by atoms with van der Waals surface area (Å²) in [4.78, 5) is 55.3. The van der Waals surface area contributed by atoms with Gasteiger partial charge < -0.3 is 9.80 Å². The molecule has 30 heavy (non-hydrogen) atoms. The normalized spacial score (nSPS) is 17.1. The van der Waals surface area contributed by atoms with E-state index < -0.39 is 5.41 Å². The molecule has 3 rings (SSSR count). The molecule has 2 heterocycles. The van der Waals surface area contributed by atoms with Gasteiger partial charge in [0.2, 0.25) is 5.91 Å². The minimum Gasteiger partial charge on any atom is -0.339 e. The summed E-state index contributed by atoms with van der Waals surface area (Å²) in [5.41, 5.74) is 0.366. The van der Waals surface area contributed by atoms with Crippen LogP contribution < -0.4 is 0 Å². The van der Waals surface area contributed by atoms with E-state index in [0.29, 0.717) is 43.9 Å². The maximum absolute atomic E-state index is 13.0. The number of amides is 4. The zero-order valence-corrected chi connectivity index (χ0v) is 18.7. The molecule has 0 aromatic heterocycles. The number of nitrogens with zero attached hydrogens (tertiary/aromatic N) is 3. The highest BCUT2D eigenvalue weighted by atomic mass is 35.5. The van der Waals surface area contributed by atoms with Crippen molar-refractivity contribution in [3.63, 3.8) is 0 Å². The molecule has 0 spiro atoms. The number of benzene rings is 1. The second-order valence-electron chi connectivity index (χ2n) is 8.98. The highest BCUT2D eigenvalue weighted by Gasteiger charge is 2.37. The van der Waals surface area contributed by atoms with Crippen LogP contribution in [0.25, 0.3) is 0 Å². The Morgan fingerprint density at radius 2 is 1.57 bits per heavy atom. The molecule has 0 N–H and O–H groups in total. The Morgan fingerprint density at radius 3 is 2.13 bits per heavy atom. The van der Waals surface area contributed by atoms with E-state index >= 15 is 0 Å². The SMILES string of the molecule is CC(C)CN1C(=O)c2ccc(C(=O)N3CCN(C(=O)C(C)(C)CCl)CC3)cc2C1=O. The molecule has 0 unspecified atom stereocenters. The van der Waals surface area contributed by atoms with Gasteiger partial charge in [0.1, 0.15) is 0 Å². The van der Waals surface area contributed by atoms with E-state index in [9.17, 15) is 19.2 Å². The van der Waals surface area contributed by atoms with Crippen molar-refractivity contribution in [3.8, 4) is 0 Å². The number of rotatable bonds is 5. The average molecular weight is 434 g/mol. The molecule has 1 fully saturated rings. The van der Waals surface area contributed by atoms with E-state index in [1.807, 2.05) is 27.7 Å². The van der Waals surface area contributed by atoms with Gasteiger partial charge in [0.05, 0.1) is 16.5 Å². The fraction of sp³-hybridized carbons (Fsp3) is 0.545. The first-order valence-electron chi connectivity index (χ1n) is 10.2. The summed E-state index contributed by atoms with van der Waals surface area (Å²) >= 11 is 5.91. The average Bonchev–Trinajstić information content (AvgIpc) is 2.96. The van der Waals surface area contributed by atoms with Crippen LogP contribution in [-0.4, -0.2) is 76.9 Å². The van der Waals surface area contributed by atoms with Crippen LogP contribution in [0.4, 0.5) is 0 Å². The standard InChI is InChI=1S/C22H28ClN3O4/c1-14(2)12-26-19(28)16-6-5-15(11-17(16)20(26)29)18(27)24-7-9-25(10-8-24)21(30)22(3,4)13-23/h5-6,11,14H,7-10,12-13H2,1-4H3. The number of carbonyl (C=O) groups is 4. The third-order valence-electron chi connectivity index (χ3n) is 5.53. The molecule has 0 saturated carbocycles. The molecule has 0 radical (unpaired) electrons. The van der Waals surface area contributed by atoms with Gasteiger partial charge in [-0.25, -0.2) is 0 Å². The summed E-state index contributed by atoms with van der Waals surface area (Å²) in [6.45, 7) is 9.55. The van der Waals surface area contributed by atoms with Crippen molar-refractivity contribution < 1.29 is 19.2 Å². The van der Waals surface area contributed by atoms with E-state index in [1.165, 1.54) is 11.0 Å². The van der Waals surface area contributed by atoms with Crippen LogP contribution in [0.15, 0.2) is 18.2 Å². The summed E-state index contributed by atoms with van der Waals surface area (Å²) in [7, 11) is 0. The second-order valence-corrected chi connectivity index (χ2v) is 9.24. The van der Waals surface area contributed by atoms with Crippen molar-refractivity contribution in [2.75, 3.05) is 38.6 Å². The first-order valence-corrected chi connectivity index (χ1v) is 10.7. The molecule has 0 aliphatic carbocycles. The van der Waals surface area contributed by atoms with Crippen LogP contribution in [0.3, 0.4) is 0 Å². The van der Waals surface area contributed by atoms with Crippen molar-refractivity contribution in [1.29, 1.82) is 0 Å². The number of halogens is 1. The number of hydrogen-bond donors (Lipinski definition) is 0. The third-order valence-corrected chi connectivity index (χ3v) is 6.20. The first-order chi connectivity index (χ1) is 14.1. The van der Waals surface area contributed by atoms with Gasteiger partial charge in [-0.3, -0.25) is 24.1 Å². The highest BCUT2D eigenvalue weighted by molar-refractivity contribution is 6.22. The van der Waals surface area contributed by atoms with Crippen molar-refractivity contribution >= 4 is 35.2 Å². The lowest BCUT2D eigenvalue weighted by Crippen LogP contribution is -2.53. The van der Waals surface area contributed by atoms with Gasteiger partial charge in [-0.05, 0) is 38.0 Å². The molecule has 4 amide bonds. The Hall–Kier alpha value is -2.41. The first kappa shape index (κ1) is 22.3. The minimum absolute atomic E-state index is 0.0171. The second kappa shape index (κ2) is 8.38. The van der Waals surface area contributed by atoms with Gasteiger partial charge in [-0.2, -0.15) is 0 Å². The fourth-order valence-electron chi connectivity index (χ4n) is 3.74. The molecule has 162 valence electrons. The lowest BCUT2D eigenvalue weighted by Gasteiger charge is -2.38. The van der Waals surface area contributed by atoms with Crippen molar-refractivity contribution in [2.24, 2.45) is 11.3 Å². The molecule has 2 aliphatic rings. The van der Waals surface area contributed by atoms with Crippen molar-refractivity contribution in [3.05, 3.63) is 34.9 Å². The molecular formula is C22H28ClN3O4. The molecule has 1 aromatic carbocycles. The van der Waals surface area contributed by atoms with E-state index in [0.717, 1.165) is 0 Å². The zero-order chi connectivity index (χ0) is 22.2. The quantitative estimate of drug-likeness (QED) is 0.528. The third kappa shape index (κ3) is 4.08. The number of piperazine rings is 1. The molecular weight excluding hydrogens is 406 g/mol. The molecule has 0 bridgehead atoms. The van der Waals surface area contributed by atoms with Crippen LogP contribution in [-0.2, 0) is 4.79 Å². The summed E-state index contributed by atoms with van der Waals surface area (Å²) < 4.78 is 0. The minimum atomic E-state index is -0.636. The fourth-order valence-corrected chi connectivity index (χ4v) is 3.85. The summed E-state index contributed by atoms with van der Waals surface area (Å²) in [6, 6.07) is 4.68. The monoisotopic (exact) mass is 433 g/mol. The maximum Gasteiger partial charge on any atom is 0.261 e. The predicted octanol–water partition coefficient (Wildman–Crippen LogP) is 2.49. The van der Waals surface area contributed by atoms with Crippen LogP contribution in [0.2, 0.25) is 0 Å². The Balaban J connectivity index is 1.70. The number of alkyl halides is 1. The summed E-state index contributed by atoms with van der Waals surface area (Å²) in [6.07, 6.45) is 0. The van der Waals surface area contributed by atoms with E-state index in [1.54, 1.807) is 21.9 Å². The number of imide groups is 1. The lowest BCUT2D eigenvalue weighted by atomic mass is 9.94. The predicted molar refractivity (Wildman–Crippen MR) is 114 cm³/mol. The smallest absolute Gasteiger partial charge is 0.261 e. The summed E-state index contributed by atoms with van der Waals surface area (Å²) in [5, 5.41) is 0. The Labute approximate surface area is 181 Å². The molecule has 1 saturated heterocycles. The van der Waals surface area contributed by atoms with Gasteiger partial charge in [-0.15, -0.1) is 11.6 Å².